The Balaban J connectivity index is 2.24. The molecule has 2 aliphatic rings. The number of ether oxygens (including phenoxy) is 1. The Morgan fingerprint density at radius 1 is 1.33 bits per heavy atom. The predicted molar refractivity (Wildman–Crippen MR) is 47.8 cm³/mol. The highest BCUT2D eigenvalue weighted by Crippen LogP contribution is 2.51. The average Bonchev–Trinajstić information content (AvgIpc) is 2.73. The van der Waals surface area contributed by atoms with Crippen LogP contribution in [0.5, 0.6) is 0 Å². The third kappa shape index (κ3) is 0.792. The van der Waals surface area contributed by atoms with Gasteiger partial charge in [0, 0.05) is 6.42 Å². The van der Waals surface area contributed by atoms with E-state index in [1.54, 1.807) is 0 Å². The number of epoxide rings is 1. The van der Waals surface area contributed by atoms with Crippen LogP contribution in [0.1, 0.15) is 17.2 Å². The molecule has 1 saturated heterocycles. The molecule has 0 amide bonds. The van der Waals surface area contributed by atoms with Crippen LogP contribution in [0.25, 0.3) is 0 Å². The SMILES string of the molecule is Clc1ccc2c(c1Cl)CC1OC21. The Kier molecular flexibility index (Phi) is 1.30. The molecule has 0 aromatic heterocycles. The van der Waals surface area contributed by atoms with Crippen molar-refractivity contribution in [1.29, 1.82) is 0 Å². The van der Waals surface area contributed by atoms with Crippen LogP contribution in [-0.4, -0.2) is 6.10 Å². The molecule has 1 heterocycles. The molecule has 0 bridgehead atoms. The first-order valence-corrected chi connectivity index (χ1v) is 4.65. The van der Waals surface area contributed by atoms with E-state index >= 15 is 0 Å². The molecule has 0 radical (unpaired) electrons. The zero-order chi connectivity index (χ0) is 8.29. The Morgan fingerprint density at radius 3 is 3.00 bits per heavy atom. The second-order valence-electron chi connectivity index (χ2n) is 3.23. The van der Waals surface area contributed by atoms with E-state index in [4.69, 9.17) is 27.9 Å². The smallest absolute Gasteiger partial charge is 0.110 e. The molecule has 12 heavy (non-hydrogen) atoms. The first-order chi connectivity index (χ1) is 5.77. The topological polar surface area (TPSA) is 12.5 Å². The summed E-state index contributed by atoms with van der Waals surface area (Å²) in [5.41, 5.74) is 2.42. The maximum atomic E-state index is 6.04. The molecule has 1 fully saturated rings. The Morgan fingerprint density at radius 2 is 2.17 bits per heavy atom. The molecule has 2 atom stereocenters. The van der Waals surface area contributed by atoms with Gasteiger partial charge in [-0.2, -0.15) is 0 Å². The Labute approximate surface area is 80.2 Å². The van der Waals surface area contributed by atoms with Gasteiger partial charge in [-0.25, -0.2) is 0 Å². The van der Waals surface area contributed by atoms with Crippen molar-refractivity contribution in [2.45, 2.75) is 18.6 Å². The van der Waals surface area contributed by atoms with Crippen LogP contribution < -0.4 is 0 Å². The fourth-order valence-electron chi connectivity index (χ4n) is 1.85. The van der Waals surface area contributed by atoms with Gasteiger partial charge >= 0.3 is 0 Å². The van der Waals surface area contributed by atoms with Gasteiger partial charge in [0.1, 0.15) is 6.10 Å². The van der Waals surface area contributed by atoms with Crippen molar-refractivity contribution < 1.29 is 4.74 Å². The minimum Gasteiger partial charge on any atom is -0.364 e. The molecule has 1 nitrogen and oxygen atoms in total. The predicted octanol–water partition coefficient (Wildman–Crippen LogP) is 2.99. The van der Waals surface area contributed by atoms with E-state index in [-0.39, 0.29) is 0 Å². The minimum absolute atomic E-state index is 0.315. The normalized spacial score (nSPS) is 29.8. The van der Waals surface area contributed by atoms with Gasteiger partial charge in [-0.1, -0.05) is 29.3 Å². The van der Waals surface area contributed by atoms with Gasteiger partial charge in [0.25, 0.3) is 0 Å². The zero-order valence-electron chi connectivity index (χ0n) is 6.18. The molecule has 1 aliphatic heterocycles. The Hall–Kier alpha value is -0.240. The van der Waals surface area contributed by atoms with E-state index in [0.717, 1.165) is 6.42 Å². The highest BCUT2D eigenvalue weighted by Gasteiger charge is 2.48. The molecule has 0 N–H and O–H groups in total. The van der Waals surface area contributed by atoms with E-state index in [1.807, 2.05) is 12.1 Å². The van der Waals surface area contributed by atoms with Crippen LogP contribution in [0.4, 0.5) is 0 Å². The van der Waals surface area contributed by atoms with Crippen molar-refractivity contribution in [3.8, 4) is 0 Å². The summed E-state index contributed by atoms with van der Waals surface area (Å²) in [6.07, 6.45) is 1.63. The summed E-state index contributed by atoms with van der Waals surface area (Å²) in [6.45, 7) is 0. The van der Waals surface area contributed by atoms with Crippen LogP contribution in [0.15, 0.2) is 12.1 Å². The summed E-state index contributed by atoms with van der Waals surface area (Å²) < 4.78 is 5.37. The van der Waals surface area contributed by atoms with Gasteiger partial charge in [0.15, 0.2) is 0 Å². The van der Waals surface area contributed by atoms with E-state index in [9.17, 15) is 0 Å². The summed E-state index contributed by atoms with van der Waals surface area (Å²) >= 11 is 11.9. The number of benzene rings is 1. The Bertz CT molecular complexity index is 362. The molecule has 1 aromatic carbocycles. The molecule has 1 aromatic rings. The fourth-order valence-corrected chi connectivity index (χ4v) is 2.28. The van der Waals surface area contributed by atoms with Crippen molar-refractivity contribution in [2.24, 2.45) is 0 Å². The quantitative estimate of drug-likeness (QED) is 0.587. The summed E-state index contributed by atoms with van der Waals surface area (Å²) in [4.78, 5) is 0. The molecule has 0 saturated carbocycles. The van der Waals surface area contributed by atoms with E-state index < -0.39 is 0 Å². The van der Waals surface area contributed by atoms with Crippen molar-refractivity contribution in [2.75, 3.05) is 0 Å². The first-order valence-electron chi connectivity index (χ1n) is 3.89. The molecule has 62 valence electrons. The van der Waals surface area contributed by atoms with Crippen molar-refractivity contribution >= 4 is 23.2 Å². The largest absolute Gasteiger partial charge is 0.364 e. The van der Waals surface area contributed by atoms with Gasteiger partial charge in [0.05, 0.1) is 16.1 Å². The van der Waals surface area contributed by atoms with Crippen LogP contribution in [0.3, 0.4) is 0 Å². The van der Waals surface area contributed by atoms with Crippen LogP contribution >= 0.6 is 23.2 Å². The lowest BCUT2D eigenvalue weighted by molar-refractivity contribution is 0.361. The number of hydrogen-bond acceptors (Lipinski definition) is 1. The summed E-state index contributed by atoms with van der Waals surface area (Å²) in [5.74, 6) is 0. The number of hydrogen-bond donors (Lipinski definition) is 0. The van der Waals surface area contributed by atoms with Crippen LogP contribution in [0.2, 0.25) is 10.0 Å². The van der Waals surface area contributed by atoms with E-state index in [2.05, 4.69) is 0 Å². The highest BCUT2D eigenvalue weighted by atomic mass is 35.5. The maximum Gasteiger partial charge on any atom is 0.110 e. The van der Waals surface area contributed by atoms with Crippen LogP contribution in [0, 0.1) is 0 Å². The minimum atomic E-state index is 0.315. The summed E-state index contributed by atoms with van der Waals surface area (Å²) in [6, 6.07) is 3.86. The molecular weight excluding hydrogens is 195 g/mol. The fraction of sp³-hybridized carbons (Fsp3) is 0.333. The summed E-state index contributed by atoms with van der Waals surface area (Å²) in [5, 5.41) is 1.36. The van der Waals surface area contributed by atoms with Gasteiger partial charge in [-0.05, 0) is 17.2 Å². The van der Waals surface area contributed by atoms with Gasteiger partial charge in [-0.3, -0.25) is 0 Å². The number of rotatable bonds is 0. The second-order valence-corrected chi connectivity index (χ2v) is 4.01. The first kappa shape index (κ1) is 7.19. The summed E-state index contributed by atoms with van der Waals surface area (Å²) in [7, 11) is 0. The highest BCUT2D eigenvalue weighted by molar-refractivity contribution is 6.42. The molecule has 3 rings (SSSR count). The average molecular weight is 201 g/mol. The van der Waals surface area contributed by atoms with Gasteiger partial charge in [0.2, 0.25) is 0 Å². The van der Waals surface area contributed by atoms with E-state index in [1.165, 1.54) is 11.1 Å². The molecular formula is C9H6Cl2O. The lowest BCUT2D eigenvalue weighted by Gasteiger charge is -2.05. The van der Waals surface area contributed by atoms with E-state index in [0.29, 0.717) is 22.3 Å². The van der Waals surface area contributed by atoms with Gasteiger partial charge in [-0.15, -0.1) is 0 Å². The lowest BCUT2D eigenvalue weighted by Crippen LogP contribution is -1.90. The standard InChI is InChI=1S/C9H6Cl2O/c10-6-2-1-4-5(8(6)11)3-7-9(4)12-7/h1-2,7,9H,3H2. The van der Waals surface area contributed by atoms with Crippen molar-refractivity contribution in [3.63, 3.8) is 0 Å². The molecule has 2 unspecified atom stereocenters. The zero-order valence-corrected chi connectivity index (χ0v) is 7.69. The number of halogens is 2. The monoisotopic (exact) mass is 200 g/mol. The molecule has 3 heteroatoms. The second kappa shape index (κ2) is 2.16. The van der Waals surface area contributed by atoms with Crippen molar-refractivity contribution in [3.05, 3.63) is 33.3 Å². The van der Waals surface area contributed by atoms with Crippen molar-refractivity contribution in [1.82, 2.24) is 0 Å². The van der Waals surface area contributed by atoms with Crippen LogP contribution in [-0.2, 0) is 11.2 Å². The lowest BCUT2D eigenvalue weighted by atomic mass is 10.1. The molecule has 1 aliphatic carbocycles. The van der Waals surface area contributed by atoms with Gasteiger partial charge < -0.3 is 4.74 Å². The third-order valence-electron chi connectivity index (χ3n) is 2.53. The number of fused-ring (bicyclic) bond motifs is 3. The third-order valence-corrected chi connectivity index (χ3v) is 3.37. The maximum absolute atomic E-state index is 6.04. The molecule has 0 spiro atoms.